The van der Waals surface area contributed by atoms with E-state index in [4.69, 9.17) is 0 Å². The number of aliphatic hydroxyl groups is 2. The number of hydrogen-bond donors (Lipinski definition) is 3. The minimum Gasteiger partial charge on any atom is -0.368 e. The summed E-state index contributed by atoms with van der Waals surface area (Å²) in [6.07, 6.45) is -0.627. The summed E-state index contributed by atoms with van der Waals surface area (Å²) in [5, 5.41) is 29.9. The van der Waals surface area contributed by atoms with E-state index in [2.05, 4.69) is 15.3 Å². The first-order valence-electron chi connectivity index (χ1n) is 9.52. The highest BCUT2D eigenvalue weighted by atomic mass is 19.1. The summed E-state index contributed by atoms with van der Waals surface area (Å²) in [5.41, 5.74) is 2.31. The summed E-state index contributed by atoms with van der Waals surface area (Å²) in [7, 11) is 0. The lowest BCUT2D eigenvalue weighted by atomic mass is 10.0. The zero-order valence-corrected chi connectivity index (χ0v) is 16.4. The fraction of sp³-hybridized carbons (Fsp3) is 0.350. The largest absolute Gasteiger partial charge is 0.368 e. The van der Waals surface area contributed by atoms with Crippen molar-refractivity contribution in [2.75, 3.05) is 11.4 Å². The third-order valence-corrected chi connectivity index (χ3v) is 5.26. The van der Waals surface area contributed by atoms with Crippen molar-refractivity contribution in [1.82, 2.24) is 20.0 Å². The molecule has 4 rings (SSSR count). The van der Waals surface area contributed by atoms with Crippen LogP contribution in [0.2, 0.25) is 0 Å². The normalized spacial score (nSPS) is 15.0. The van der Waals surface area contributed by atoms with Crippen molar-refractivity contribution in [3.63, 3.8) is 0 Å². The maximum absolute atomic E-state index is 13.6. The molecule has 2 aromatic heterocycles. The molecular formula is C20H21F2N5O3. The van der Waals surface area contributed by atoms with E-state index in [0.717, 1.165) is 18.2 Å². The average molecular weight is 417 g/mol. The Balaban J connectivity index is 1.63. The van der Waals surface area contributed by atoms with Gasteiger partial charge in [0.1, 0.15) is 11.6 Å². The fourth-order valence-corrected chi connectivity index (χ4v) is 3.64. The second-order valence-corrected chi connectivity index (χ2v) is 7.50. The van der Waals surface area contributed by atoms with E-state index >= 15 is 0 Å². The highest BCUT2D eigenvalue weighted by Crippen LogP contribution is 2.28. The van der Waals surface area contributed by atoms with Crippen LogP contribution in [0.3, 0.4) is 0 Å². The van der Waals surface area contributed by atoms with Gasteiger partial charge in [0.25, 0.3) is 5.91 Å². The van der Waals surface area contributed by atoms with Gasteiger partial charge in [-0.25, -0.2) is 13.5 Å². The number of fused-ring (bicyclic) bond motifs is 1. The van der Waals surface area contributed by atoms with E-state index in [-0.39, 0.29) is 11.6 Å². The summed E-state index contributed by atoms with van der Waals surface area (Å²) in [4.78, 5) is 14.7. The molecule has 1 aromatic carbocycles. The lowest BCUT2D eigenvalue weighted by Gasteiger charge is -2.24. The van der Waals surface area contributed by atoms with Crippen LogP contribution < -0.4 is 4.90 Å². The predicted octanol–water partition coefficient (Wildman–Crippen LogP) is 1.87. The Bertz CT molecular complexity index is 1090. The monoisotopic (exact) mass is 417 g/mol. The lowest BCUT2D eigenvalue weighted by molar-refractivity contribution is -0.0782. The zero-order chi connectivity index (χ0) is 21.6. The van der Waals surface area contributed by atoms with Crippen LogP contribution in [-0.4, -0.2) is 48.9 Å². The molecule has 3 heterocycles. The van der Waals surface area contributed by atoms with Crippen LogP contribution in [0.5, 0.6) is 0 Å². The number of hydrogen-bond acceptors (Lipinski definition) is 5. The van der Waals surface area contributed by atoms with Gasteiger partial charge in [-0.1, -0.05) is 6.92 Å². The number of benzene rings is 1. The van der Waals surface area contributed by atoms with Gasteiger partial charge in [0.15, 0.2) is 12.1 Å². The molecule has 30 heavy (non-hydrogen) atoms. The Kier molecular flexibility index (Phi) is 5.12. The average Bonchev–Trinajstić information content (AvgIpc) is 3.26. The molecule has 1 unspecified atom stereocenters. The molecule has 8 nitrogen and oxygen atoms in total. The number of H-pyrrole nitrogens is 1. The molecule has 3 aromatic rings. The number of rotatable bonds is 5. The zero-order valence-electron chi connectivity index (χ0n) is 16.4. The molecule has 0 aliphatic carbocycles. The van der Waals surface area contributed by atoms with Gasteiger partial charge < -0.3 is 10.2 Å². The summed E-state index contributed by atoms with van der Waals surface area (Å²) >= 11 is 0. The van der Waals surface area contributed by atoms with Gasteiger partial charge in [0, 0.05) is 36.7 Å². The van der Waals surface area contributed by atoms with Gasteiger partial charge in [0.05, 0.1) is 22.6 Å². The number of nitrogens with one attached hydrogen (secondary N) is 1. The van der Waals surface area contributed by atoms with E-state index in [1.807, 2.05) is 0 Å². The molecule has 10 heteroatoms. The van der Waals surface area contributed by atoms with Gasteiger partial charge in [-0.2, -0.15) is 10.2 Å². The van der Waals surface area contributed by atoms with Crippen LogP contribution in [0.1, 0.15) is 34.4 Å². The molecule has 1 amide bonds. The second-order valence-electron chi connectivity index (χ2n) is 7.50. The van der Waals surface area contributed by atoms with Crippen molar-refractivity contribution in [2.24, 2.45) is 5.92 Å². The SMILES string of the molecule is Cc1c2c(nn1-c1cc(F)cc(F)c1)CCN(c1cc(CC(C)C(O)O)[nH]n1)C2=O. The molecule has 0 radical (unpaired) electrons. The van der Waals surface area contributed by atoms with E-state index in [9.17, 15) is 23.8 Å². The van der Waals surface area contributed by atoms with Gasteiger partial charge in [-0.05, 0) is 25.5 Å². The smallest absolute Gasteiger partial charge is 0.263 e. The van der Waals surface area contributed by atoms with Crippen molar-refractivity contribution < 1.29 is 23.8 Å². The van der Waals surface area contributed by atoms with Crippen LogP contribution in [0.25, 0.3) is 5.69 Å². The maximum atomic E-state index is 13.6. The van der Waals surface area contributed by atoms with Crippen molar-refractivity contribution >= 4 is 11.7 Å². The molecule has 158 valence electrons. The molecule has 1 atom stereocenters. The predicted molar refractivity (Wildman–Crippen MR) is 103 cm³/mol. The second kappa shape index (κ2) is 7.62. The molecule has 1 aliphatic heterocycles. The van der Waals surface area contributed by atoms with E-state index < -0.39 is 23.8 Å². The van der Waals surface area contributed by atoms with Crippen molar-refractivity contribution in [3.05, 3.63) is 58.5 Å². The van der Waals surface area contributed by atoms with Crippen LogP contribution in [0.15, 0.2) is 24.3 Å². The summed E-state index contributed by atoms with van der Waals surface area (Å²) in [6, 6.07) is 4.80. The fourth-order valence-electron chi connectivity index (χ4n) is 3.64. The van der Waals surface area contributed by atoms with Gasteiger partial charge in [-0.15, -0.1) is 0 Å². The highest BCUT2D eigenvalue weighted by molar-refractivity contribution is 6.08. The minimum absolute atomic E-state index is 0.206. The third kappa shape index (κ3) is 3.59. The van der Waals surface area contributed by atoms with Crippen molar-refractivity contribution in [3.8, 4) is 5.69 Å². The van der Waals surface area contributed by atoms with Crippen LogP contribution in [0.4, 0.5) is 14.6 Å². The minimum atomic E-state index is -1.45. The van der Waals surface area contributed by atoms with E-state index in [1.165, 1.54) is 9.58 Å². The Morgan fingerprint density at radius 3 is 2.57 bits per heavy atom. The molecule has 1 aliphatic rings. The summed E-state index contributed by atoms with van der Waals surface area (Å²) in [5.74, 6) is -1.72. The first-order valence-corrected chi connectivity index (χ1v) is 9.52. The molecule has 3 N–H and O–H groups in total. The van der Waals surface area contributed by atoms with Gasteiger partial charge in [0.2, 0.25) is 0 Å². The number of aliphatic hydroxyl groups excluding tert-OH is 1. The molecule has 0 spiro atoms. The number of aromatic nitrogens is 4. The molecule has 0 bridgehead atoms. The van der Waals surface area contributed by atoms with Crippen LogP contribution in [0, 0.1) is 24.5 Å². The number of nitrogens with zero attached hydrogens (tertiary/aromatic N) is 4. The molecule has 0 saturated carbocycles. The Hall–Kier alpha value is -3.11. The Labute approximate surface area is 170 Å². The first-order chi connectivity index (χ1) is 14.2. The summed E-state index contributed by atoms with van der Waals surface area (Å²) in [6.45, 7) is 3.72. The van der Waals surface area contributed by atoms with Crippen molar-refractivity contribution in [2.45, 2.75) is 33.0 Å². The topological polar surface area (TPSA) is 107 Å². The van der Waals surface area contributed by atoms with Gasteiger partial charge >= 0.3 is 0 Å². The molecular weight excluding hydrogens is 396 g/mol. The number of anilines is 1. The molecule has 0 fully saturated rings. The number of halogens is 2. The standard InChI is InChI=1S/C20H21F2N5O3/c1-10(20(29)30)5-14-9-17(24-23-14)26-4-3-16-18(19(26)28)11(2)27(25-16)15-7-12(21)6-13(22)8-15/h6-10,20,29-30H,3-5H2,1-2H3,(H,23,24). The van der Waals surface area contributed by atoms with Crippen molar-refractivity contribution in [1.29, 1.82) is 0 Å². The Morgan fingerprint density at radius 1 is 1.20 bits per heavy atom. The summed E-state index contributed by atoms with van der Waals surface area (Å²) < 4.78 is 28.6. The van der Waals surface area contributed by atoms with E-state index in [1.54, 1.807) is 19.9 Å². The Morgan fingerprint density at radius 2 is 1.90 bits per heavy atom. The number of carbonyl (C=O) groups excluding carboxylic acids is 1. The number of aromatic amines is 1. The molecule has 0 saturated heterocycles. The van der Waals surface area contributed by atoms with E-state index in [0.29, 0.717) is 47.8 Å². The maximum Gasteiger partial charge on any atom is 0.263 e. The first kappa shape index (κ1) is 20.2. The number of carbonyl (C=O) groups is 1. The third-order valence-electron chi connectivity index (χ3n) is 5.26. The quantitative estimate of drug-likeness (QED) is 0.550. The lowest BCUT2D eigenvalue weighted by Crippen LogP contribution is -2.38. The number of amides is 1. The highest BCUT2D eigenvalue weighted by Gasteiger charge is 2.32. The van der Waals surface area contributed by atoms with Crippen LogP contribution >= 0.6 is 0 Å². The van der Waals surface area contributed by atoms with Gasteiger partial charge in [-0.3, -0.25) is 14.8 Å². The van der Waals surface area contributed by atoms with Crippen LogP contribution in [-0.2, 0) is 12.8 Å².